The average Bonchev–Trinajstić information content (AvgIpc) is 2.88. The summed E-state index contributed by atoms with van der Waals surface area (Å²) in [7, 11) is 0. The SMILES string of the molecule is CC(N)(c1ccccc1)C1CC1. The summed E-state index contributed by atoms with van der Waals surface area (Å²) in [6.45, 7) is 2.14. The van der Waals surface area contributed by atoms with Crippen LogP contribution in [0.3, 0.4) is 0 Å². The normalized spacial score (nSPS) is 21.8. The van der Waals surface area contributed by atoms with Gasteiger partial charge in [0.2, 0.25) is 0 Å². The molecule has 1 heteroatoms. The van der Waals surface area contributed by atoms with Crippen molar-refractivity contribution in [1.29, 1.82) is 0 Å². The first kappa shape index (κ1) is 7.81. The summed E-state index contributed by atoms with van der Waals surface area (Å²) in [5.74, 6) is 0.708. The van der Waals surface area contributed by atoms with E-state index in [4.69, 9.17) is 5.73 Å². The van der Waals surface area contributed by atoms with Crippen molar-refractivity contribution in [2.75, 3.05) is 0 Å². The zero-order chi connectivity index (χ0) is 8.60. The van der Waals surface area contributed by atoms with Crippen molar-refractivity contribution in [3.05, 3.63) is 35.9 Å². The molecular weight excluding hydrogens is 146 g/mol. The highest BCUT2D eigenvalue weighted by atomic mass is 14.8. The Labute approximate surface area is 73.6 Å². The fourth-order valence-corrected chi connectivity index (χ4v) is 1.72. The molecule has 1 nitrogen and oxygen atoms in total. The van der Waals surface area contributed by atoms with E-state index in [9.17, 15) is 0 Å². The third kappa shape index (κ3) is 1.25. The maximum Gasteiger partial charge on any atom is 0.0409 e. The summed E-state index contributed by atoms with van der Waals surface area (Å²) >= 11 is 0. The summed E-state index contributed by atoms with van der Waals surface area (Å²) in [4.78, 5) is 0. The standard InChI is InChI=1S/C11H15N/c1-11(12,10-7-8-10)9-5-3-2-4-6-9/h2-6,10H,7-8,12H2,1H3. The molecule has 1 saturated carbocycles. The third-order valence-electron chi connectivity index (χ3n) is 2.82. The molecule has 1 aliphatic rings. The van der Waals surface area contributed by atoms with Gasteiger partial charge in [-0.1, -0.05) is 30.3 Å². The van der Waals surface area contributed by atoms with Crippen molar-refractivity contribution >= 4 is 0 Å². The predicted octanol–water partition coefficient (Wildman–Crippen LogP) is 2.27. The minimum Gasteiger partial charge on any atom is -0.321 e. The molecular formula is C11H15N. The molecule has 12 heavy (non-hydrogen) atoms. The van der Waals surface area contributed by atoms with Gasteiger partial charge in [0.15, 0.2) is 0 Å². The molecule has 64 valence electrons. The molecule has 0 bridgehead atoms. The Bertz CT molecular complexity index is 260. The van der Waals surface area contributed by atoms with Crippen molar-refractivity contribution in [2.45, 2.75) is 25.3 Å². The highest BCUT2D eigenvalue weighted by Crippen LogP contribution is 2.43. The second-order valence-corrected chi connectivity index (χ2v) is 3.92. The fourth-order valence-electron chi connectivity index (χ4n) is 1.72. The summed E-state index contributed by atoms with van der Waals surface area (Å²) in [6.07, 6.45) is 2.59. The lowest BCUT2D eigenvalue weighted by Crippen LogP contribution is -2.35. The van der Waals surface area contributed by atoms with Crippen LogP contribution in [0.5, 0.6) is 0 Å². The van der Waals surface area contributed by atoms with Crippen molar-refractivity contribution in [1.82, 2.24) is 0 Å². The Kier molecular flexibility index (Phi) is 1.69. The van der Waals surface area contributed by atoms with Gasteiger partial charge in [-0.25, -0.2) is 0 Å². The van der Waals surface area contributed by atoms with Crippen LogP contribution in [-0.2, 0) is 5.54 Å². The van der Waals surface area contributed by atoms with Gasteiger partial charge in [0, 0.05) is 5.54 Å². The lowest BCUT2D eigenvalue weighted by atomic mass is 9.88. The molecule has 1 unspecified atom stereocenters. The molecule has 2 rings (SSSR count). The van der Waals surface area contributed by atoms with E-state index in [2.05, 4.69) is 31.2 Å². The van der Waals surface area contributed by atoms with Gasteiger partial charge in [-0.15, -0.1) is 0 Å². The molecule has 1 atom stereocenters. The minimum atomic E-state index is -0.0960. The molecule has 1 fully saturated rings. The van der Waals surface area contributed by atoms with Crippen LogP contribution in [-0.4, -0.2) is 0 Å². The first-order valence-electron chi connectivity index (χ1n) is 4.55. The molecule has 1 aliphatic carbocycles. The summed E-state index contributed by atoms with van der Waals surface area (Å²) < 4.78 is 0. The van der Waals surface area contributed by atoms with Crippen molar-refractivity contribution in [3.63, 3.8) is 0 Å². The van der Waals surface area contributed by atoms with Crippen molar-refractivity contribution in [2.24, 2.45) is 11.7 Å². The lowest BCUT2D eigenvalue weighted by Gasteiger charge is -2.24. The number of benzene rings is 1. The Morgan fingerprint density at radius 3 is 2.33 bits per heavy atom. The molecule has 0 aliphatic heterocycles. The topological polar surface area (TPSA) is 26.0 Å². The van der Waals surface area contributed by atoms with Crippen LogP contribution in [0.25, 0.3) is 0 Å². The van der Waals surface area contributed by atoms with Crippen LogP contribution in [0.1, 0.15) is 25.3 Å². The van der Waals surface area contributed by atoms with Gasteiger partial charge in [-0.05, 0) is 31.2 Å². The molecule has 0 heterocycles. The molecule has 0 saturated heterocycles. The van der Waals surface area contributed by atoms with Crippen LogP contribution >= 0.6 is 0 Å². The summed E-state index contributed by atoms with van der Waals surface area (Å²) in [5, 5.41) is 0. The number of hydrogen-bond donors (Lipinski definition) is 1. The van der Waals surface area contributed by atoms with Crippen LogP contribution in [0.4, 0.5) is 0 Å². The second-order valence-electron chi connectivity index (χ2n) is 3.92. The van der Waals surface area contributed by atoms with E-state index in [0.717, 1.165) is 0 Å². The van der Waals surface area contributed by atoms with Gasteiger partial charge < -0.3 is 5.73 Å². The van der Waals surface area contributed by atoms with E-state index in [1.165, 1.54) is 18.4 Å². The summed E-state index contributed by atoms with van der Waals surface area (Å²) in [6, 6.07) is 10.4. The van der Waals surface area contributed by atoms with E-state index in [-0.39, 0.29) is 5.54 Å². The smallest absolute Gasteiger partial charge is 0.0409 e. The van der Waals surface area contributed by atoms with Crippen LogP contribution in [0, 0.1) is 5.92 Å². The first-order chi connectivity index (χ1) is 5.71. The maximum absolute atomic E-state index is 6.24. The van der Waals surface area contributed by atoms with E-state index in [1.54, 1.807) is 0 Å². The van der Waals surface area contributed by atoms with E-state index < -0.39 is 0 Å². The van der Waals surface area contributed by atoms with E-state index in [0.29, 0.717) is 5.92 Å². The van der Waals surface area contributed by atoms with Gasteiger partial charge in [0.25, 0.3) is 0 Å². The summed E-state index contributed by atoms with van der Waals surface area (Å²) in [5.41, 5.74) is 7.42. The van der Waals surface area contributed by atoms with Crippen LogP contribution in [0.2, 0.25) is 0 Å². The molecule has 0 spiro atoms. The lowest BCUT2D eigenvalue weighted by molar-refractivity contribution is 0.427. The van der Waals surface area contributed by atoms with Crippen LogP contribution < -0.4 is 5.73 Å². The largest absolute Gasteiger partial charge is 0.321 e. The van der Waals surface area contributed by atoms with E-state index in [1.807, 2.05) is 6.07 Å². The molecule has 0 amide bonds. The Balaban J connectivity index is 2.28. The monoisotopic (exact) mass is 161 g/mol. The predicted molar refractivity (Wildman–Crippen MR) is 50.7 cm³/mol. The van der Waals surface area contributed by atoms with Gasteiger partial charge in [0.1, 0.15) is 0 Å². The quantitative estimate of drug-likeness (QED) is 0.707. The highest BCUT2D eigenvalue weighted by Gasteiger charge is 2.39. The molecule has 0 aromatic heterocycles. The van der Waals surface area contributed by atoms with Gasteiger partial charge in [0.05, 0.1) is 0 Å². The van der Waals surface area contributed by atoms with Crippen molar-refractivity contribution < 1.29 is 0 Å². The number of nitrogens with two attached hydrogens (primary N) is 1. The van der Waals surface area contributed by atoms with Crippen LogP contribution in [0.15, 0.2) is 30.3 Å². The fraction of sp³-hybridized carbons (Fsp3) is 0.455. The zero-order valence-corrected chi connectivity index (χ0v) is 7.46. The Hall–Kier alpha value is -0.820. The van der Waals surface area contributed by atoms with Gasteiger partial charge >= 0.3 is 0 Å². The Morgan fingerprint density at radius 2 is 1.83 bits per heavy atom. The molecule has 0 radical (unpaired) electrons. The Morgan fingerprint density at radius 1 is 1.25 bits per heavy atom. The molecule has 1 aromatic rings. The molecule has 2 N–H and O–H groups in total. The van der Waals surface area contributed by atoms with Gasteiger partial charge in [-0.2, -0.15) is 0 Å². The highest BCUT2D eigenvalue weighted by molar-refractivity contribution is 5.25. The molecule has 1 aromatic carbocycles. The third-order valence-corrected chi connectivity index (χ3v) is 2.82. The minimum absolute atomic E-state index is 0.0960. The number of rotatable bonds is 2. The van der Waals surface area contributed by atoms with Crippen molar-refractivity contribution in [3.8, 4) is 0 Å². The van der Waals surface area contributed by atoms with E-state index >= 15 is 0 Å². The second kappa shape index (κ2) is 2.60. The first-order valence-corrected chi connectivity index (χ1v) is 4.55. The maximum atomic E-state index is 6.24. The number of hydrogen-bond acceptors (Lipinski definition) is 1. The van der Waals surface area contributed by atoms with Gasteiger partial charge in [-0.3, -0.25) is 0 Å². The average molecular weight is 161 g/mol. The zero-order valence-electron chi connectivity index (χ0n) is 7.46.